The summed E-state index contributed by atoms with van der Waals surface area (Å²) in [4.78, 5) is 19.7. The van der Waals surface area contributed by atoms with Crippen molar-refractivity contribution in [1.29, 1.82) is 5.26 Å². The summed E-state index contributed by atoms with van der Waals surface area (Å²) >= 11 is 1.38. The second-order valence-corrected chi connectivity index (χ2v) is 9.29. The molecule has 2 aromatic heterocycles. The minimum absolute atomic E-state index is 0.0301. The molecule has 5 rings (SSSR count). The Labute approximate surface area is 167 Å². The van der Waals surface area contributed by atoms with Crippen molar-refractivity contribution in [2.75, 3.05) is 18.0 Å². The Balaban J connectivity index is 1.63. The number of carbonyl (C=O) groups is 1. The molecule has 0 atom stereocenters. The van der Waals surface area contributed by atoms with Gasteiger partial charge in [0, 0.05) is 35.4 Å². The molecule has 3 aromatic rings. The number of aromatic amines is 1. The molecule has 0 amide bonds. The molecule has 2 N–H and O–H groups in total. The van der Waals surface area contributed by atoms with Gasteiger partial charge in [0.05, 0.1) is 21.9 Å². The highest BCUT2D eigenvalue weighted by atomic mass is 32.1. The van der Waals surface area contributed by atoms with Gasteiger partial charge < -0.3 is 15.0 Å². The lowest BCUT2D eigenvalue weighted by molar-refractivity contribution is 0.103. The number of H-pyrrole nitrogens is 1. The van der Waals surface area contributed by atoms with Crippen molar-refractivity contribution in [2.24, 2.45) is 0 Å². The van der Waals surface area contributed by atoms with Gasteiger partial charge in [0.1, 0.15) is 10.9 Å². The Bertz CT molecular complexity index is 1160. The molecule has 0 unspecified atom stereocenters. The highest BCUT2D eigenvalue weighted by Crippen LogP contribution is 2.46. The maximum absolute atomic E-state index is 13.4. The van der Waals surface area contributed by atoms with E-state index in [0.29, 0.717) is 10.4 Å². The monoisotopic (exact) mass is 391 g/mol. The number of nitriles is 1. The molecule has 2 aliphatic rings. The van der Waals surface area contributed by atoms with Crippen molar-refractivity contribution in [3.63, 3.8) is 0 Å². The minimum Gasteiger partial charge on any atom is -0.393 e. The number of rotatable bonds is 1. The molecule has 0 bridgehead atoms. The molecule has 1 aliphatic carbocycles. The molecule has 1 aromatic carbocycles. The van der Waals surface area contributed by atoms with Crippen molar-refractivity contribution >= 4 is 33.0 Å². The molecule has 1 fully saturated rings. The average Bonchev–Trinajstić information content (AvgIpc) is 3.25. The largest absolute Gasteiger partial charge is 0.393 e. The van der Waals surface area contributed by atoms with Gasteiger partial charge in [-0.1, -0.05) is 13.8 Å². The number of ketones is 1. The van der Waals surface area contributed by atoms with Gasteiger partial charge in [-0.25, -0.2) is 0 Å². The van der Waals surface area contributed by atoms with E-state index in [1.54, 1.807) is 0 Å². The van der Waals surface area contributed by atoms with Gasteiger partial charge in [0.15, 0.2) is 5.78 Å². The molecule has 5 nitrogen and oxygen atoms in total. The smallest absolute Gasteiger partial charge is 0.196 e. The normalized spacial score (nSPS) is 18.8. The van der Waals surface area contributed by atoms with E-state index in [-0.39, 0.29) is 17.3 Å². The maximum atomic E-state index is 13.4. The minimum atomic E-state index is -0.338. The van der Waals surface area contributed by atoms with Gasteiger partial charge in [0.2, 0.25) is 0 Å². The van der Waals surface area contributed by atoms with Crippen LogP contribution in [0.5, 0.6) is 0 Å². The topological polar surface area (TPSA) is 80.1 Å². The molecule has 0 radical (unpaired) electrons. The molecular formula is C22H21N3O2S. The van der Waals surface area contributed by atoms with Crippen LogP contribution in [0.25, 0.3) is 10.2 Å². The standard InChI is InChI=1S/C22H21N3O2S/c1-22(2)16-9-12(25-7-5-13(26)6-8-25)3-4-15(16)19(27)18-20-17(24-21(18)22)10-14(11-23)28-20/h3-4,9-10,13,24,26H,5-8H2,1-2H3. The molecule has 0 saturated carbocycles. The zero-order valence-corrected chi connectivity index (χ0v) is 16.7. The second-order valence-electron chi connectivity index (χ2n) is 8.24. The van der Waals surface area contributed by atoms with Crippen LogP contribution in [-0.2, 0) is 5.41 Å². The number of aliphatic hydroxyl groups excluding tert-OH is 1. The van der Waals surface area contributed by atoms with Crippen LogP contribution in [-0.4, -0.2) is 35.1 Å². The van der Waals surface area contributed by atoms with Crippen molar-refractivity contribution in [3.8, 4) is 6.07 Å². The lowest BCUT2D eigenvalue weighted by Gasteiger charge is -2.35. The number of carbonyl (C=O) groups excluding carboxylic acids is 1. The first kappa shape index (κ1) is 17.5. The lowest BCUT2D eigenvalue weighted by atomic mass is 9.71. The van der Waals surface area contributed by atoms with Crippen LogP contribution in [0.1, 0.15) is 58.7 Å². The summed E-state index contributed by atoms with van der Waals surface area (Å²) < 4.78 is 0.879. The second kappa shape index (κ2) is 5.94. The van der Waals surface area contributed by atoms with E-state index in [1.165, 1.54) is 11.3 Å². The number of benzene rings is 1. The third-order valence-corrected chi connectivity index (χ3v) is 7.24. The molecule has 142 valence electrons. The Morgan fingerprint density at radius 3 is 2.75 bits per heavy atom. The summed E-state index contributed by atoms with van der Waals surface area (Å²) in [7, 11) is 0. The van der Waals surface area contributed by atoms with E-state index < -0.39 is 0 Å². The van der Waals surface area contributed by atoms with Crippen LogP contribution in [0, 0.1) is 11.3 Å². The Morgan fingerprint density at radius 2 is 2.04 bits per heavy atom. The van der Waals surface area contributed by atoms with Crippen molar-refractivity contribution in [1.82, 2.24) is 4.98 Å². The number of thiophene rings is 1. The van der Waals surface area contributed by atoms with Crippen molar-refractivity contribution in [3.05, 3.63) is 51.5 Å². The third kappa shape index (κ3) is 2.36. The van der Waals surface area contributed by atoms with E-state index >= 15 is 0 Å². The predicted molar refractivity (Wildman–Crippen MR) is 110 cm³/mol. The predicted octanol–water partition coefficient (Wildman–Crippen LogP) is 3.93. The highest BCUT2D eigenvalue weighted by molar-refractivity contribution is 7.20. The number of hydrogen-bond acceptors (Lipinski definition) is 5. The average molecular weight is 391 g/mol. The fraction of sp³-hybridized carbons (Fsp3) is 0.364. The van der Waals surface area contributed by atoms with Crippen LogP contribution in [0.3, 0.4) is 0 Å². The molecule has 6 heteroatoms. The number of fused-ring (bicyclic) bond motifs is 4. The first-order chi connectivity index (χ1) is 13.4. The summed E-state index contributed by atoms with van der Waals surface area (Å²) in [6.07, 6.45) is 1.34. The summed E-state index contributed by atoms with van der Waals surface area (Å²) in [5.41, 5.74) is 5.06. The van der Waals surface area contributed by atoms with Gasteiger partial charge >= 0.3 is 0 Å². The Kier molecular flexibility index (Phi) is 3.71. The van der Waals surface area contributed by atoms with Crippen molar-refractivity contribution < 1.29 is 9.90 Å². The van der Waals surface area contributed by atoms with Crippen LogP contribution in [0.15, 0.2) is 24.3 Å². The number of hydrogen-bond donors (Lipinski definition) is 2. The van der Waals surface area contributed by atoms with E-state index in [2.05, 4.69) is 35.9 Å². The molecule has 1 aliphatic heterocycles. The maximum Gasteiger partial charge on any atom is 0.196 e. The Morgan fingerprint density at radius 1 is 1.29 bits per heavy atom. The zero-order valence-electron chi connectivity index (χ0n) is 15.9. The van der Waals surface area contributed by atoms with E-state index in [1.807, 2.05) is 18.2 Å². The Hall–Kier alpha value is -2.62. The molecule has 3 heterocycles. The fourth-order valence-electron chi connectivity index (χ4n) is 4.56. The van der Waals surface area contributed by atoms with Crippen LogP contribution in [0.2, 0.25) is 0 Å². The highest BCUT2D eigenvalue weighted by Gasteiger charge is 2.40. The van der Waals surface area contributed by atoms with Gasteiger partial charge in [0.25, 0.3) is 0 Å². The van der Waals surface area contributed by atoms with Crippen LogP contribution >= 0.6 is 11.3 Å². The van der Waals surface area contributed by atoms with Gasteiger partial charge in [-0.3, -0.25) is 4.79 Å². The van der Waals surface area contributed by atoms with E-state index in [0.717, 1.165) is 58.7 Å². The van der Waals surface area contributed by atoms with E-state index in [4.69, 9.17) is 0 Å². The summed E-state index contributed by atoms with van der Waals surface area (Å²) in [6, 6.07) is 10.1. The van der Waals surface area contributed by atoms with Gasteiger partial charge in [-0.2, -0.15) is 5.26 Å². The lowest BCUT2D eigenvalue weighted by Crippen LogP contribution is -2.36. The zero-order chi connectivity index (χ0) is 19.6. The molecule has 0 spiro atoms. The number of piperidine rings is 1. The summed E-state index contributed by atoms with van der Waals surface area (Å²) in [6.45, 7) is 5.95. The summed E-state index contributed by atoms with van der Waals surface area (Å²) in [5, 5.41) is 19.0. The van der Waals surface area contributed by atoms with Gasteiger partial charge in [-0.05, 0) is 42.7 Å². The quantitative estimate of drug-likeness (QED) is 0.659. The number of nitrogens with zero attached hydrogens (tertiary/aromatic N) is 2. The van der Waals surface area contributed by atoms with Gasteiger partial charge in [-0.15, -0.1) is 11.3 Å². The fourth-order valence-corrected chi connectivity index (χ4v) is 5.52. The first-order valence-corrected chi connectivity index (χ1v) is 10.4. The number of nitrogens with one attached hydrogen (secondary N) is 1. The molecule has 28 heavy (non-hydrogen) atoms. The third-order valence-electron chi connectivity index (χ3n) is 6.18. The number of aliphatic hydroxyl groups is 1. The van der Waals surface area contributed by atoms with Crippen LogP contribution < -0.4 is 4.90 Å². The number of aromatic nitrogens is 1. The summed E-state index contributed by atoms with van der Waals surface area (Å²) in [5.74, 6) is 0.0301. The SMILES string of the molecule is CC1(C)c2cc(N3CCC(O)CC3)ccc2C(=O)c2c1[nH]c1cc(C#N)sc21. The number of anilines is 1. The van der Waals surface area contributed by atoms with Crippen LogP contribution in [0.4, 0.5) is 5.69 Å². The molecular weight excluding hydrogens is 370 g/mol. The van der Waals surface area contributed by atoms with E-state index in [9.17, 15) is 15.2 Å². The van der Waals surface area contributed by atoms with Crippen molar-refractivity contribution in [2.45, 2.75) is 38.2 Å². The first-order valence-electron chi connectivity index (χ1n) is 9.58. The molecule has 1 saturated heterocycles.